The number of aryl methyl sites for hydroxylation is 1. The number of hydrogen-bond acceptors (Lipinski definition) is 9. The number of halogens is 1. The first kappa shape index (κ1) is 26.5. The Balaban J connectivity index is 1.50. The molecule has 1 atom stereocenters. The molecule has 0 saturated heterocycles. The van der Waals surface area contributed by atoms with E-state index in [0.717, 1.165) is 30.7 Å². The van der Waals surface area contributed by atoms with Gasteiger partial charge in [-0.1, -0.05) is 0 Å². The van der Waals surface area contributed by atoms with Crippen LogP contribution in [0.2, 0.25) is 0 Å². The van der Waals surface area contributed by atoms with Gasteiger partial charge in [0.15, 0.2) is 0 Å². The fraction of sp³-hybridized carbons (Fsp3) is 0.333. The number of hydrogen-bond donors (Lipinski definition) is 2. The zero-order valence-electron chi connectivity index (χ0n) is 22.1. The zero-order chi connectivity index (χ0) is 27.0. The molecule has 0 fully saturated rings. The summed E-state index contributed by atoms with van der Waals surface area (Å²) in [5.74, 6) is 1.68. The van der Waals surface area contributed by atoms with Crippen molar-refractivity contribution in [3.05, 3.63) is 58.5 Å². The molecule has 0 saturated carbocycles. The Hall–Kier alpha value is -3.07. The summed E-state index contributed by atoms with van der Waals surface area (Å²) in [6.07, 6.45) is 8.22. The van der Waals surface area contributed by atoms with E-state index in [1.165, 1.54) is 11.1 Å². The van der Waals surface area contributed by atoms with Crippen LogP contribution in [0.5, 0.6) is 5.75 Å². The number of rotatable bonds is 7. The lowest BCUT2D eigenvalue weighted by atomic mass is 9.86. The van der Waals surface area contributed by atoms with Gasteiger partial charge in [0.2, 0.25) is 5.95 Å². The van der Waals surface area contributed by atoms with Gasteiger partial charge in [-0.2, -0.15) is 4.98 Å². The van der Waals surface area contributed by atoms with E-state index < -0.39 is 7.14 Å². The SMILES string of the molecule is COc1cc2c(cc1Nc1ncc(Br)c(Nc3ccc4nccnc4c3P(C)(C)=O)n1)CCC[C@@H]2N(C)C. The van der Waals surface area contributed by atoms with Crippen LogP contribution in [-0.4, -0.2) is 59.4 Å². The van der Waals surface area contributed by atoms with Crippen LogP contribution in [0.25, 0.3) is 11.0 Å². The van der Waals surface area contributed by atoms with Gasteiger partial charge in [0.05, 0.1) is 33.8 Å². The Bertz CT molecular complexity index is 1560. The summed E-state index contributed by atoms with van der Waals surface area (Å²) in [5.41, 5.74) is 5.39. The molecule has 0 spiro atoms. The number of nitrogens with one attached hydrogen (secondary N) is 2. The lowest BCUT2D eigenvalue weighted by molar-refractivity contribution is 0.267. The number of nitrogens with zero attached hydrogens (tertiary/aromatic N) is 5. The minimum absolute atomic E-state index is 0.371. The summed E-state index contributed by atoms with van der Waals surface area (Å²) in [6.45, 7) is 3.46. The van der Waals surface area contributed by atoms with Crippen molar-refractivity contribution in [2.75, 3.05) is 45.2 Å². The minimum Gasteiger partial charge on any atom is -0.495 e. The van der Waals surface area contributed by atoms with Crippen LogP contribution in [0, 0.1) is 0 Å². The molecule has 2 N–H and O–H groups in total. The summed E-state index contributed by atoms with van der Waals surface area (Å²) >= 11 is 3.55. The van der Waals surface area contributed by atoms with E-state index in [9.17, 15) is 4.57 Å². The van der Waals surface area contributed by atoms with Gasteiger partial charge in [-0.25, -0.2) is 4.98 Å². The molecule has 5 rings (SSSR count). The summed E-state index contributed by atoms with van der Waals surface area (Å²) in [5, 5.41) is 7.33. The summed E-state index contributed by atoms with van der Waals surface area (Å²) < 4.78 is 19.7. The van der Waals surface area contributed by atoms with Crippen LogP contribution < -0.4 is 20.7 Å². The van der Waals surface area contributed by atoms with Gasteiger partial charge in [-0.05, 0) is 98.0 Å². The Morgan fingerprint density at radius 1 is 1.08 bits per heavy atom. The van der Waals surface area contributed by atoms with Crippen molar-refractivity contribution in [1.29, 1.82) is 0 Å². The zero-order valence-corrected chi connectivity index (χ0v) is 24.6. The highest BCUT2D eigenvalue weighted by Crippen LogP contribution is 2.42. The summed E-state index contributed by atoms with van der Waals surface area (Å²) in [7, 11) is 3.19. The molecule has 0 unspecified atom stereocenters. The van der Waals surface area contributed by atoms with E-state index in [1.54, 1.807) is 39.0 Å². The quantitative estimate of drug-likeness (QED) is 0.254. The fourth-order valence-corrected chi connectivity index (χ4v) is 6.73. The van der Waals surface area contributed by atoms with Gasteiger partial charge < -0.3 is 24.8 Å². The van der Waals surface area contributed by atoms with Gasteiger partial charge in [0.1, 0.15) is 24.2 Å². The molecular formula is C27H31BrN7O2P. The van der Waals surface area contributed by atoms with E-state index in [4.69, 9.17) is 9.72 Å². The predicted molar refractivity (Wildman–Crippen MR) is 157 cm³/mol. The molecule has 198 valence electrons. The van der Waals surface area contributed by atoms with Crippen LogP contribution in [-0.2, 0) is 11.0 Å². The molecule has 4 aromatic rings. The maximum Gasteiger partial charge on any atom is 0.229 e. The van der Waals surface area contributed by atoms with Gasteiger partial charge in [0.25, 0.3) is 0 Å². The van der Waals surface area contributed by atoms with Gasteiger partial charge >= 0.3 is 0 Å². The monoisotopic (exact) mass is 595 g/mol. The smallest absolute Gasteiger partial charge is 0.229 e. The normalized spacial score (nSPS) is 15.4. The van der Waals surface area contributed by atoms with E-state index in [-0.39, 0.29) is 0 Å². The maximum atomic E-state index is 13.3. The number of fused-ring (bicyclic) bond motifs is 2. The molecule has 0 amide bonds. The average Bonchev–Trinajstić information content (AvgIpc) is 2.88. The first-order valence-corrected chi connectivity index (χ1v) is 15.8. The molecule has 0 aliphatic heterocycles. The molecular weight excluding hydrogens is 565 g/mol. The maximum absolute atomic E-state index is 13.3. The third-order valence-corrected chi connectivity index (χ3v) is 8.87. The standard InChI is InChI=1S/C27H31BrN7O2P/c1-35(2)22-8-6-7-16-13-21(23(37-3)14-17(16)22)33-27-31-15-18(28)26(34-27)32-20-10-9-19-24(30-12-11-29-19)25(20)38(4,5)36/h9-15,22H,6-8H2,1-5H3,(H2,31,32,33,34)/t22-/m0/s1. The summed E-state index contributed by atoms with van der Waals surface area (Å²) in [4.78, 5) is 20.3. The Kier molecular flexibility index (Phi) is 7.40. The molecule has 2 heterocycles. The average molecular weight is 596 g/mol. The number of anilines is 4. The van der Waals surface area contributed by atoms with E-state index in [1.807, 2.05) is 12.1 Å². The number of benzene rings is 2. The van der Waals surface area contributed by atoms with Crippen LogP contribution in [0.3, 0.4) is 0 Å². The Labute approximate surface area is 231 Å². The molecule has 0 radical (unpaired) electrons. The number of ether oxygens (including phenoxy) is 1. The Morgan fingerprint density at radius 3 is 2.61 bits per heavy atom. The second-order valence-electron chi connectivity index (χ2n) is 10.00. The van der Waals surface area contributed by atoms with Crippen molar-refractivity contribution in [1.82, 2.24) is 24.8 Å². The van der Waals surface area contributed by atoms with Crippen molar-refractivity contribution in [3.8, 4) is 5.75 Å². The molecule has 1 aliphatic carbocycles. The minimum atomic E-state index is -2.71. The fourth-order valence-electron chi connectivity index (χ4n) is 5.04. The number of methoxy groups -OCH3 is 1. The first-order chi connectivity index (χ1) is 18.2. The molecule has 9 nitrogen and oxygen atoms in total. The molecule has 1 aliphatic rings. The van der Waals surface area contributed by atoms with Gasteiger partial charge in [-0.15, -0.1) is 0 Å². The van der Waals surface area contributed by atoms with Gasteiger partial charge in [0, 0.05) is 24.6 Å². The van der Waals surface area contributed by atoms with Crippen molar-refractivity contribution in [2.45, 2.75) is 25.3 Å². The lowest BCUT2D eigenvalue weighted by Crippen LogP contribution is -2.24. The lowest BCUT2D eigenvalue weighted by Gasteiger charge is -2.31. The third kappa shape index (κ3) is 5.25. The largest absolute Gasteiger partial charge is 0.495 e. The van der Waals surface area contributed by atoms with E-state index >= 15 is 0 Å². The topological polar surface area (TPSA) is 105 Å². The van der Waals surface area contributed by atoms with Crippen LogP contribution in [0.15, 0.2) is 47.3 Å². The van der Waals surface area contributed by atoms with Crippen LogP contribution >= 0.6 is 23.1 Å². The Morgan fingerprint density at radius 2 is 1.87 bits per heavy atom. The highest BCUT2D eigenvalue weighted by molar-refractivity contribution is 9.10. The summed E-state index contributed by atoms with van der Waals surface area (Å²) in [6, 6.07) is 8.36. The van der Waals surface area contributed by atoms with Crippen molar-refractivity contribution < 1.29 is 9.30 Å². The second kappa shape index (κ2) is 10.6. The first-order valence-electron chi connectivity index (χ1n) is 12.4. The predicted octanol–water partition coefficient (Wildman–Crippen LogP) is 5.87. The molecule has 2 aromatic carbocycles. The van der Waals surface area contributed by atoms with Crippen molar-refractivity contribution in [2.24, 2.45) is 0 Å². The number of aromatic nitrogens is 4. The molecule has 2 aromatic heterocycles. The van der Waals surface area contributed by atoms with E-state index in [2.05, 4.69) is 72.6 Å². The molecule has 0 bridgehead atoms. The van der Waals surface area contributed by atoms with E-state index in [0.29, 0.717) is 44.3 Å². The van der Waals surface area contributed by atoms with Crippen molar-refractivity contribution >= 4 is 62.6 Å². The third-order valence-electron chi connectivity index (χ3n) is 6.76. The van der Waals surface area contributed by atoms with Crippen molar-refractivity contribution in [3.63, 3.8) is 0 Å². The second-order valence-corrected chi connectivity index (χ2v) is 14.0. The van der Waals surface area contributed by atoms with Crippen LogP contribution in [0.4, 0.5) is 23.1 Å². The highest BCUT2D eigenvalue weighted by atomic mass is 79.9. The highest BCUT2D eigenvalue weighted by Gasteiger charge is 2.25. The van der Waals surface area contributed by atoms with Gasteiger partial charge in [-0.3, -0.25) is 9.97 Å². The van der Waals surface area contributed by atoms with Crippen LogP contribution in [0.1, 0.15) is 30.0 Å². The molecule has 38 heavy (non-hydrogen) atoms. The molecule has 11 heteroatoms.